The Labute approximate surface area is 107 Å². The van der Waals surface area contributed by atoms with Gasteiger partial charge in [0.25, 0.3) is 0 Å². The topological polar surface area (TPSA) is 78.9 Å². The number of carboxylic acid groups (broad SMARTS) is 1. The lowest BCUT2D eigenvalue weighted by molar-refractivity contribution is -0.137. The number of nitrogens with zero attached hydrogens (tertiary/aromatic N) is 1. The summed E-state index contributed by atoms with van der Waals surface area (Å²) in [6.07, 6.45) is 3.63. The van der Waals surface area contributed by atoms with Crippen LogP contribution in [0.3, 0.4) is 0 Å². The lowest BCUT2D eigenvalue weighted by Crippen LogP contribution is -2.46. The van der Waals surface area contributed by atoms with E-state index in [9.17, 15) is 9.59 Å². The maximum atomic E-state index is 11.8. The molecule has 2 amide bonds. The molecule has 104 valence electrons. The predicted molar refractivity (Wildman–Crippen MR) is 66.5 cm³/mol. The Morgan fingerprint density at radius 3 is 2.78 bits per heavy atom. The van der Waals surface area contributed by atoms with Gasteiger partial charge in [-0.2, -0.15) is 0 Å². The van der Waals surface area contributed by atoms with E-state index in [1.807, 2.05) is 0 Å². The smallest absolute Gasteiger partial charge is 0.317 e. The van der Waals surface area contributed by atoms with Gasteiger partial charge in [0.05, 0.1) is 12.1 Å². The van der Waals surface area contributed by atoms with E-state index in [0.29, 0.717) is 13.0 Å². The molecule has 6 heteroatoms. The van der Waals surface area contributed by atoms with Crippen LogP contribution >= 0.6 is 0 Å². The van der Waals surface area contributed by atoms with Gasteiger partial charge in [-0.1, -0.05) is 0 Å². The van der Waals surface area contributed by atoms with E-state index in [4.69, 9.17) is 9.84 Å². The third-order valence-corrected chi connectivity index (χ3v) is 3.30. The number of carboxylic acids is 1. The maximum Gasteiger partial charge on any atom is 0.317 e. The SMILES string of the molecule is COC1CCCC1NC(=O)N(C)CCCC(=O)O. The average Bonchev–Trinajstić information content (AvgIpc) is 2.75. The van der Waals surface area contributed by atoms with Crippen molar-refractivity contribution in [1.29, 1.82) is 0 Å². The Hall–Kier alpha value is -1.30. The summed E-state index contributed by atoms with van der Waals surface area (Å²) in [5.74, 6) is -0.834. The number of nitrogens with one attached hydrogen (secondary N) is 1. The molecule has 0 aliphatic heterocycles. The van der Waals surface area contributed by atoms with Crippen molar-refractivity contribution in [1.82, 2.24) is 10.2 Å². The maximum absolute atomic E-state index is 11.8. The summed E-state index contributed by atoms with van der Waals surface area (Å²) < 4.78 is 5.31. The lowest BCUT2D eigenvalue weighted by atomic mass is 10.2. The Balaban J connectivity index is 2.28. The van der Waals surface area contributed by atoms with Crippen molar-refractivity contribution < 1.29 is 19.4 Å². The fourth-order valence-electron chi connectivity index (χ4n) is 2.21. The molecule has 1 fully saturated rings. The van der Waals surface area contributed by atoms with E-state index >= 15 is 0 Å². The molecular formula is C12H22N2O4. The fraction of sp³-hybridized carbons (Fsp3) is 0.833. The summed E-state index contributed by atoms with van der Waals surface area (Å²) in [5.41, 5.74) is 0. The van der Waals surface area contributed by atoms with Gasteiger partial charge in [-0.15, -0.1) is 0 Å². The zero-order valence-corrected chi connectivity index (χ0v) is 11.0. The van der Waals surface area contributed by atoms with Crippen molar-refractivity contribution in [3.8, 4) is 0 Å². The van der Waals surface area contributed by atoms with E-state index in [-0.39, 0.29) is 24.6 Å². The summed E-state index contributed by atoms with van der Waals surface area (Å²) in [6.45, 7) is 0.447. The first-order valence-corrected chi connectivity index (χ1v) is 6.30. The molecule has 0 aromatic carbocycles. The van der Waals surface area contributed by atoms with E-state index in [1.165, 1.54) is 4.90 Å². The van der Waals surface area contributed by atoms with Crippen LogP contribution in [0.5, 0.6) is 0 Å². The van der Waals surface area contributed by atoms with Crippen LogP contribution in [-0.4, -0.2) is 54.9 Å². The lowest BCUT2D eigenvalue weighted by Gasteiger charge is -2.24. The molecule has 1 aliphatic rings. The normalized spacial score (nSPS) is 22.8. The van der Waals surface area contributed by atoms with Crippen LogP contribution in [-0.2, 0) is 9.53 Å². The highest BCUT2D eigenvalue weighted by Gasteiger charge is 2.29. The van der Waals surface area contributed by atoms with Crippen LogP contribution < -0.4 is 5.32 Å². The molecule has 0 radical (unpaired) electrons. The summed E-state index contributed by atoms with van der Waals surface area (Å²) in [4.78, 5) is 23.7. The van der Waals surface area contributed by atoms with Crippen molar-refractivity contribution in [2.45, 2.75) is 44.2 Å². The Kier molecular flexibility index (Phi) is 5.91. The summed E-state index contributed by atoms with van der Waals surface area (Å²) in [6, 6.07) is -0.0845. The third kappa shape index (κ3) is 4.52. The fourth-order valence-corrected chi connectivity index (χ4v) is 2.21. The van der Waals surface area contributed by atoms with E-state index in [2.05, 4.69) is 5.32 Å². The van der Waals surface area contributed by atoms with E-state index in [0.717, 1.165) is 19.3 Å². The third-order valence-electron chi connectivity index (χ3n) is 3.30. The number of hydrogen-bond acceptors (Lipinski definition) is 3. The Bertz CT molecular complexity index is 296. The first kappa shape index (κ1) is 14.8. The Morgan fingerprint density at radius 2 is 2.17 bits per heavy atom. The minimum absolute atomic E-state index is 0.0735. The van der Waals surface area contributed by atoms with Crippen molar-refractivity contribution in [3.05, 3.63) is 0 Å². The molecular weight excluding hydrogens is 236 g/mol. The van der Waals surface area contributed by atoms with Crippen molar-refractivity contribution in [3.63, 3.8) is 0 Å². The molecule has 0 spiro atoms. The van der Waals surface area contributed by atoms with Gasteiger partial charge in [0.1, 0.15) is 0 Å². The number of ether oxygens (including phenoxy) is 1. The zero-order valence-electron chi connectivity index (χ0n) is 11.0. The first-order chi connectivity index (χ1) is 8.54. The van der Waals surface area contributed by atoms with Crippen LogP contribution in [0.2, 0.25) is 0 Å². The second-order valence-electron chi connectivity index (χ2n) is 4.68. The van der Waals surface area contributed by atoms with Crippen LogP contribution in [0.25, 0.3) is 0 Å². The highest BCUT2D eigenvalue weighted by atomic mass is 16.5. The predicted octanol–water partition coefficient (Wildman–Crippen LogP) is 1.06. The van der Waals surface area contributed by atoms with Crippen LogP contribution in [0.1, 0.15) is 32.1 Å². The van der Waals surface area contributed by atoms with Gasteiger partial charge in [0, 0.05) is 27.1 Å². The van der Waals surface area contributed by atoms with Gasteiger partial charge >= 0.3 is 12.0 Å². The number of methoxy groups -OCH3 is 1. The van der Waals surface area contributed by atoms with Crippen molar-refractivity contribution >= 4 is 12.0 Å². The highest BCUT2D eigenvalue weighted by Crippen LogP contribution is 2.21. The first-order valence-electron chi connectivity index (χ1n) is 6.30. The van der Waals surface area contributed by atoms with Gasteiger partial charge in [-0.25, -0.2) is 4.79 Å². The quantitative estimate of drug-likeness (QED) is 0.746. The van der Waals surface area contributed by atoms with Gasteiger partial charge in [0.15, 0.2) is 0 Å². The molecule has 18 heavy (non-hydrogen) atoms. The number of rotatable bonds is 6. The molecule has 6 nitrogen and oxygen atoms in total. The van der Waals surface area contributed by atoms with E-state index < -0.39 is 5.97 Å². The molecule has 1 aliphatic carbocycles. The van der Waals surface area contributed by atoms with Crippen LogP contribution in [0.4, 0.5) is 4.79 Å². The second kappa shape index (κ2) is 7.20. The van der Waals surface area contributed by atoms with Gasteiger partial charge < -0.3 is 20.1 Å². The molecule has 2 N–H and O–H groups in total. The summed E-state index contributed by atoms with van der Waals surface area (Å²) in [5, 5.41) is 11.5. The minimum atomic E-state index is -0.834. The summed E-state index contributed by atoms with van der Waals surface area (Å²) >= 11 is 0. The minimum Gasteiger partial charge on any atom is -0.481 e. The number of urea groups is 1. The van der Waals surface area contributed by atoms with Crippen LogP contribution in [0, 0.1) is 0 Å². The second-order valence-corrected chi connectivity index (χ2v) is 4.68. The monoisotopic (exact) mass is 258 g/mol. The van der Waals surface area contributed by atoms with Crippen molar-refractivity contribution in [2.24, 2.45) is 0 Å². The van der Waals surface area contributed by atoms with Crippen LogP contribution in [0.15, 0.2) is 0 Å². The number of aliphatic carboxylic acids is 1. The van der Waals surface area contributed by atoms with Gasteiger partial charge in [0.2, 0.25) is 0 Å². The largest absolute Gasteiger partial charge is 0.481 e. The van der Waals surface area contributed by atoms with Gasteiger partial charge in [-0.3, -0.25) is 4.79 Å². The standard InChI is InChI=1S/C12H22N2O4/c1-14(8-4-7-11(15)16)12(17)13-9-5-3-6-10(9)18-2/h9-10H,3-8H2,1-2H3,(H,13,17)(H,15,16). The molecule has 1 saturated carbocycles. The average molecular weight is 258 g/mol. The number of hydrogen-bond donors (Lipinski definition) is 2. The molecule has 0 aromatic rings. The molecule has 2 unspecified atom stereocenters. The molecule has 2 atom stereocenters. The Morgan fingerprint density at radius 1 is 1.44 bits per heavy atom. The molecule has 1 rings (SSSR count). The van der Waals surface area contributed by atoms with E-state index in [1.54, 1.807) is 14.2 Å². The zero-order chi connectivity index (χ0) is 13.5. The van der Waals surface area contributed by atoms with Crippen molar-refractivity contribution in [2.75, 3.05) is 20.7 Å². The molecule has 0 saturated heterocycles. The highest BCUT2D eigenvalue weighted by molar-refractivity contribution is 5.74. The molecule has 0 heterocycles. The number of carbonyl (C=O) groups is 2. The number of carbonyl (C=O) groups excluding carboxylic acids is 1. The number of amides is 2. The summed E-state index contributed by atoms with van der Waals surface area (Å²) in [7, 11) is 3.33. The molecule has 0 bridgehead atoms. The van der Waals surface area contributed by atoms with Gasteiger partial charge in [-0.05, 0) is 25.7 Å². The molecule has 0 aromatic heterocycles.